The van der Waals surface area contributed by atoms with Crippen molar-refractivity contribution in [2.45, 2.75) is 47.4 Å². The summed E-state index contributed by atoms with van der Waals surface area (Å²) in [5.41, 5.74) is 0. The Bertz CT molecular complexity index is 283. The number of hydrogen-bond acceptors (Lipinski definition) is 0. The lowest BCUT2D eigenvalue weighted by Gasteiger charge is -2.00. The summed E-state index contributed by atoms with van der Waals surface area (Å²) in [6.07, 6.45) is 8.49. The maximum absolute atomic E-state index is 5.58. The van der Waals surface area contributed by atoms with Gasteiger partial charge in [-0.05, 0) is 18.6 Å². The van der Waals surface area contributed by atoms with E-state index in [2.05, 4.69) is 52.1 Å². The van der Waals surface area contributed by atoms with Gasteiger partial charge < -0.3 is 0 Å². The van der Waals surface area contributed by atoms with Crippen LogP contribution in [0.3, 0.4) is 0 Å². The molecule has 0 aromatic heterocycles. The first-order valence-electron chi connectivity index (χ1n) is 6.26. The molecule has 0 N–H and O–H groups in total. The van der Waals surface area contributed by atoms with Crippen molar-refractivity contribution in [1.29, 1.82) is 0 Å². The lowest BCUT2D eigenvalue weighted by Crippen LogP contribution is -1.84. The summed E-state index contributed by atoms with van der Waals surface area (Å²) < 4.78 is 0.844. The molecular formula is C14H20Cl2I2. The molecule has 0 aliphatic carbocycles. The second kappa shape index (κ2) is 13.3. The maximum Gasteiger partial charge on any atom is 0.0626 e. The Morgan fingerprint density at radius 2 is 1.44 bits per heavy atom. The fraction of sp³-hybridized carbons (Fsp3) is 0.571. The normalized spacial score (nSPS) is 10.1. The van der Waals surface area contributed by atoms with Gasteiger partial charge in [-0.3, -0.25) is 0 Å². The van der Waals surface area contributed by atoms with Crippen LogP contribution in [0.15, 0.2) is 24.3 Å². The Balaban J connectivity index is 0.000000327. The predicted octanol–water partition coefficient (Wildman–Crippen LogP) is 7.54. The van der Waals surface area contributed by atoms with Gasteiger partial charge in [0.25, 0.3) is 0 Å². The standard InChI is InChI=1S/C8H16I2.C6H4Cl2/c1-2-3-4-5-6-7-8(9)10;7-5-3-1-2-4-6(5)8/h8H,2-7H2,1H3;1-4H. The van der Waals surface area contributed by atoms with Crippen molar-refractivity contribution in [2.24, 2.45) is 0 Å². The third-order valence-corrected chi connectivity index (χ3v) is 4.35. The molecule has 0 nitrogen and oxygen atoms in total. The van der Waals surface area contributed by atoms with Gasteiger partial charge in [-0.2, -0.15) is 0 Å². The molecular weight excluding hydrogens is 493 g/mol. The second-order valence-corrected chi connectivity index (χ2v) is 10.2. The summed E-state index contributed by atoms with van der Waals surface area (Å²) in [7, 11) is 0. The zero-order valence-electron chi connectivity index (χ0n) is 10.6. The Labute approximate surface area is 148 Å². The quantitative estimate of drug-likeness (QED) is 0.210. The molecule has 1 rings (SSSR count). The van der Waals surface area contributed by atoms with E-state index in [9.17, 15) is 0 Å². The first-order chi connectivity index (χ1) is 8.57. The van der Waals surface area contributed by atoms with Gasteiger partial charge in [0.05, 0.1) is 12.0 Å². The van der Waals surface area contributed by atoms with E-state index in [0.717, 1.165) is 1.93 Å². The van der Waals surface area contributed by atoms with Gasteiger partial charge in [0.15, 0.2) is 0 Å². The van der Waals surface area contributed by atoms with Gasteiger partial charge in [0, 0.05) is 0 Å². The summed E-state index contributed by atoms with van der Waals surface area (Å²) in [6, 6.07) is 7.19. The predicted molar refractivity (Wildman–Crippen MR) is 102 cm³/mol. The van der Waals surface area contributed by atoms with Gasteiger partial charge in [-0.25, -0.2) is 0 Å². The Morgan fingerprint density at radius 1 is 0.944 bits per heavy atom. The number of rotatable bonds is 6. The van der Waals surface area contributed by atoms with Crippen LogP contribution in [-0.4, -0.2) is 1.93 Å². The number of benzene rings is 1. The van der Waals surface area contributed by atoms with Crippen molar-refractivity contribution in [2.75, 3.05) is 0 Å². The lowest BCUT2D eigenvalue weighted by molar-refractivity contribution is 0.626. The summed E-state index contributed by atoms with van der Waals surface area (Å²) >= 11 is 16.1. The summed E-state index contributed by atoms with van der Waals surface area (Å²) in [5, 5.41) is 1.21. The molecule has 0 aliphatic heterocycles. The molecule has 1 aromatic rings. The van der Waals surface area contributed by atoms with Crippen LogP contribution in [0.4, 0.5) is 0 Å². The molecule has 0 atom stereocenters. The van der Waals surface area contributed by atoms with E-state index in [1.807, 2.05) is 12.1 Å². The molecule has 4 heteroatoms. The number of alkyl halides is 2. The molecule has 0 saturated heterocycles. The Morgan fingerprint density at radius 3 is 1.83 bits per heavy atom. The van der Waals surface area contributed by atoms with Gasteiger partial charge >= 0.3 is 0 Å². The van der Waals surface area contributed by atoms with E-state index in [4.69, 9.17) is 23.2 Å². The van der Waals surface area contributed by atoms with Crippen molar-refractivity contribution in [3.05, 3.63) is 34.3 Å². The number of hydrogen-bond donors (Lipinski definition) is 0. The second-order valence-electron chi connectivity index (χ2n) is 4.01. The summed E-state index contributed by atoms with van der Waals surface area (Å²) in [5.74, 6) is 0. The third kappa shape index (κ3) is 12.3. The molecule has 0 bridgehead atoms. The van der Waals surface area contributed by atoms with Crippen LogP contribution in [0.25, 0.3) is 0 Å². The molecule has 18 heavy (non-hydrogen) atoms. The molecule has 0 aliphatic rings. The highest BCUT2D eigenvalue weighted by molar-refractivity contribution is 14.2. The van der Waals surface area contributed by atoms with Crippen LogP contribution < -0.4 is 0 Å². The van der Waals surface area contributed by atoms with Crippen molar-refractivity contribution in [1.82, 2.24) is 0 Å². The van der Waals surface area contributed by atoms with Gasteiger partial charge in [-0.15, -0.1) is 0 Å². The molecule has 0 unspecified atom stereocenters. The summed E-state index contributed by atoms with van der Waals surface area (Å²) in [4.78, 5) is 0. The average Bonchev–Trinajstić information content (AvgIpc) is 2.33. The smallest absolute Gasteiger partial charge is 0.0626 e. The number of halogens is 4. The molecule has 104 valence electrons. The van der Waals surface area contributed by atoms with E-state index in [1.165, 1.54) is 38.5 Å². The minimum Gasteiger partial charge on any atom is -0.0827 e. The lowest BCUT2D eigenvalue weighted by atomic mass is 10.1. The molecule has 0 saturated carbocycles. The molecule has 0 fully saturated rings. The first kappa shape index (κ1) is 19.3. The largest absolute Gasteiger partial charge is 0.0827 e. The minimum atomic E-state index is 0.606. The topological polar surface area (TPSA) is 0 Å². The van der Waals surface area contributed by atoms with Gasteiger partial charge in [0.2, 0.25) is 0 Å². The Kier molecular flexibility index (Phi) is 14.2. The van der Waals surface area contributed by atoms with Crippen LogP contribution in [-0.2, 0) is 0 Å². The Hall–Kier alpha value is 1.26. The summed E-state index contributed by atoms with van der Waals surface area (Å²) in [6.45, 7) is 2.26. The van der Waals surface area contributed by atoms with E-state index in [0.29, 0.717) is 10.0 Å². The van der Waals surface area contributed by atoms with Crippen molar-refractivity contribution in [3.8, 4) is 0 Å². The molecule has 0 spiro atoms. The highest BCUT2D eigenvalue weighted by Crippen LogP contribution is 2.19. The molecule has 0 radical (unpaired) electrons. The zero-order valence-corrected chi connectivity index (χ0v) is 16.5. The van der Waals surface area contributed by atoms with Gasteiger partial charge in [0.1, 0.15) is 0 Å². The minimum absolute atomic E-state index is 0.606. The fourth-order valence-corrected chi connectivity index (χ4v) is 2.49. The van der Waals surface area contributed by atoms with Crippen LogP contribution in [0.2, 0.25) is 10.0 Å². The monoisotopic (exact) mass is 512 g/mol. The SMILES string of the molecule is CCCCCCCC(I)I.Clc1ccccc1Cl. The van der Waals surface area contributed by atoms with E-state index >= 15 is 0 Å². The molecule has 0 amide bonds. The van der Waals surface area contributed by atoms with Gasteiger partial charge in [-0.1, -0.05) is 120 Å². The van der Waals surface area contributed by atoms with Crippen molar-refractivity contribution >= 4 is 68.4 Å². The highest BCUT2D eigenvalue weighted by atomic mass is 127. The zero-order chi connectivity index (χ0) is 13.8. The first-order valence-corrected chi connectivity index (χ1v) is 9.50. The maximum atomic E-state index is 5.58. The molecule has 1 aromatic carbocycles. The van der Waals surface area contributed by atoms with Crippen LogP contribution >= 0.6 is 68.4 Å². The fourth-order valence-electron chi connectivity index (χ4n) is 1.34. The van der Waals surface area contributed by atoms with Crippen molar-refractivity contribution in [3.63, 3.8) is 0 Å². The van der Waals surface area contributed by atoms with E-state index in [-0.39, 0.29) is 0 Å². The van der Waals surface area contributed by atoms with Crippen molar-refractivity contribution < 1.29 is 0 Å². The van der Waals surface area contributed by atoms with E-state index in [1.54, 1.807) is 12.1 Å². The highest BCUT2D eigenvalue weighted by Gasteiger charge is 1.95. The van der Waals surface area contributed by atoms with Crippen LogP contribution in [0, 0.1) is 0 Å². The van der Waals surface area contributed by atoms with Crippen LogP contribution in [0.1, 0.15) is 45.4 Å². The third-order valence-electron chi connectivity index (χ3n) is 2.35. The molecule has 0 heterocycles. The van der Waals surface area contributed by atoms with Crippen LogP contribution in [0.5, 0.6) is 0 Å². The number of unbranched alkanes of at least 4 members (excludes halogenated alkanes) is 4. The average molecular weight is 513 g/mol. The van der Waals surface area contributed by atoms with E-state index < -0.39 is 0 Å².